The number of hydrogen-bond donors (Lipinski definition) is 1. The molecule has 0 unspecified atom stereocenters. The van der Waals surface area contributed by atoms with Gasteiger partial charge in [-0.2, -0.15) is 0 Å². The van der Waals surface area contributed by atoms with Crippen molar-refractivity contribution in [2.24, 2.45) is 5.41 Å². The maximum atomic E-state index is 12.1. The van der Waals surface area contributed by atoms with Crippen molar-refractivity contribution in [1.29, 1.82) is 0 Å². The minimum Gasteiger partial charge on any atom is -0.454 e. The Morgan fingerprint density at radius 1 is 1.19 bits per heavy atom. The summed E-state index contributed by atoms with van der Waals surface area (Å²) in [5.41, 5.74) is -0.241. The summed E-state index contributed by atoms with van der Waals surface area (Å²) in [5.74, 6) is -0.847. The molecular weight excluding hydrogens is 270 g/mol. The van der Waals surface area contributed by atoms with Gasteiger partial charge < -0.3 is 9.72 Å². The first-order valence-electron chi connectivity index (χ1n) is 6.61. The van der Waals surface area contributed by atoms with Crippen LogP contribution in [0.5, 0.6) is 0 Å². The van der Waals surface area contributed by atoms with Gasteiger partial charge in [0.25, 0.3) is 0 Å². The molecule has 0 bridgehead atoms. The molecule has 0 aliphatic rings. The van der Waals surface area contributed by atoms with Gasteiger partial charge in [0, 0.05) is 22.4 Å². The number of fused-ring (bicyclic) bond motifs is 1. The number of carbonyl (C=O) groups is 2. The maximum Gasteiger partial charge on any atom is 0.339 e. The van der Waals surface area contributed by atoms with Crippen LogP contribution in [0.15, 0.2) is 35.1 Å². The van der Waals surface area contributed by atoms with Gasteiger partial charge in [0.05, 0.1) is 5.56 Å². The molecule has 1 aromatic heterocycles. The van der Waals surface area contributed by atoms with Crippen molar-refractivity contribution in [2.45, 2.75) is 20.8 Å². The van der Waals surface area contributed by atoms with E-state index in [4.69, 9.17) is 4.74 Å². The number of para-hydroxylation sites is 1. The fourth-order valence-corrected chi connectivity index (χ4v) is 1.80. The van der Waals surface area contributed by atoms with Crippen LogP contribution in [0.25, 0.3) is 10.9 Å². The number of carbonyl (C=O) groups excluding carboxylic acids is 2. The van der Waals surface area contributed by atoms with Gasteiger partial charge in [-0.05, 0) is 6.07 Å². The average molecular weight is 287 g/mol. The van der Waals surface area contributed by atoms with Crippen molar-refractivity contribution in [1.82, 2.24) is 4.98 Å². The van der Waals surface area contributed by atoms with E-state index in [1.807, 2.05) is 0 Å². The number of H-pyrrole nitrogens is 1. The van der Waals surface area contributed by atoms with Crippen LogP contribution >= 0.6 is 0 Å². The lowest BCUT2D eigenvalue weighted by molar-refractivity contribution is -0.129. The Kier molecular flexibility index (Phi) is 3.93. The van der Waals surface area contributed by atoms with E-state index in [1.54, 1.807) is 45.0 Å². The molecule has 1 aromatic carbocycles. The Morgan fingerprint density at radius 2 is 1.86 bits per heavy atom. The van der Waals surface area contributed by atoms with E-state index in [2.05, 4.69) is 4.98 Å². The van der Waals surface area contributed by atoms with E-state index in [1.165, 1.54) is 6.07 Å². The van der Waals surface area contributed by atoms with Crippen molar-refractivity contribution in [3.05, 3.63) is 46.2 Å². The highest BCUT2D eigenvalue weighted by atomic mass is 16.5. The van der Waals surface area contributed by atoms with Crippen LogP contribution in [-0.4, -0.2) is 23.3 Å². The number of ketones is 1. The van der Waals surface area contributed by atoms with E-state index in [-0.39, 0.29) is 23.5 Å². The highest BCUT2D eigenvalue weighted by Crippen LogP contribution is 2.17. The fraction of sp³-hybridized carbons (Fsp3) is 0.312. The van der Waals surface area contributed by atoms with E-state index in [0.29, 0.717) is 10.9 Å². The molecule has 0 spiro atoms. The highest BCUT2D eigenvalue weighted by molar-refractivity contribution is 6.03. The molecule has 2 rings (SSSR count). The van der Waals surface area contributed by atoms with Gasteiger partial charge in [-0.15, -0.1) is 0 Å². The third kappa shape index (κ3) is 3.37. The van der Waals surface area contributed by atoms with E-state index >= 15 is 0 Å². The van der Waals surface area contributed by atoms with Crippen molar-refractivity contribution >= 4 is 22.7 Å². The van der Waals surface area contributed by atoms with E-state index < -0.39 is 11.4 Å². The van der Waals surface area contributed by atoms with Crippen LogP contribution in [0.1, 0.15) is 31.1 Å². The summed E-state index contributed by atoms with van der Waals surface area (Å²) in [6.45, 7) is 4.97. The lowest BCUT2D eigenvalue weighted by Crippen LogP contribution is -2.26. The zero-order chi connectivity index (χ0) is 15.6. The minimum atomic E-state index is -0.671. The number of ether oxygens (including phenoxy) is 1. The second-order valence-electron chi connectivity index (χ2n) is 5.84. The molecule has 0 saturated heterocycles. The summed E-state index contributed by atoms with van der Waals surface area (Å²) in [6.07, 6.45) is 0. The minimum absolute atomic E-state index is 0.163. The predicted molar refractivity (Wildman–Crippen MR) is 79.3 cm³/mol. The third-order valence-corrected chi connectivity index (χ3v) is 3.14. The Bertz CT molecular complexity index is 753. The van der Waals surface area contributed by atoms with Gasteiger partial charge in [-0.25, -0.2) is 4.79 Å². The number of benzene rings is 1. The third-order valence-electron chi connectivity index (χ3n) is 3.14. The second-order valence-corrected chi connectivity index (χ2v) is 5.84. The summed E-state index contributed by atoms with van der Waals surface area (Å²) in [7, 11) is 0. The Balaban J connectivity index is 2.28. The average Bonchev–Trinajstić information content (AvgIpc) is 2.42. The van der Waals surface area contributed by atoms with Gasteiger partial charge in [-0.1, -0.05) is 39.0 Å². The van der Waals surface area contributed by atoms with Gasteiger partial charge in [-0.3, -0.25) is 9.59 Å². The Morgan fingerprint density at radius 3 is 2.52 bits per heavy atom. The standard InChI is InChI=1S/C16H17NO4/c1-16(2,3)13(18)9-21-15(20)11-8-14(19)17-12-7-5-4-6-10(11)12/h4-8H,9H2,1-3H3,(H,17,19). The monoisotopic (exact) mass is 287 g/mol. The second kappa shape index (κ2) is 5.52. The molecule has 1 heterocycles. The number of aromatic nitrogens is 1. The van der Waals surface area contributed by atoms with Crippen molar-refractivity contribution in [3.8, 4) is 0 Å². The normalized spacial score (nSPS) is 11.4. The molecule has 0 aliphatic carbocycles. The highest BCUT2D eigenvalue weighted by Gasteiger charge is 2.23. The largest absolute Gasteiger partial charge is 0.454 e. The van der Waals surface area contributed by atoms with Crippen LogP contribution in [0.4, 0.5) is 0 Å². The molecule has 0 fully saturated rings. The molecule has 0 radical (unpaired) electrons. The number of rotatable bonds is 3. The van der Waals surface area contributed by atoms with E-state index in [9.17, 15) is 14.4 Å². The van der Waals surface area contributed by atoms with Crippen LogP contribution in [-0.2, 0) is 9.53 Å². The lowest BCUT2D eigenvalue weighted by Gasteiger charge is -2.16. The molecule has 5 nitrogen and oxygen atoms in total. The molecule has 5 heteroatoms. The number of hydrogen-bond acceptors (Lipinski definition) is 4. The summed E-state index contributed by atoms with van der Waals surface area (Å²) in [5, 5.41) is 0.588. The molecule has 110 valence electrons. The molecule has 2 aromatic rings. The zero-order valence-corrected chi connectivity index (χ0v) is 12.2. The number of pyridine rings is 1. The first kappa shape index (κ1) is 15.0. The Labute approximate surface area is 121 Å². The number of Topliss-reactive ketones (excluding diaryl/α,β-unsaturated/α-hetero) is 1. The summed E-state index contributed by atoms with van der Waals surface area (Å²) < 4.78 is 5.04. The summed E-state index contributed by atoms with van der Waals surface area (Å²) in [4.78, 5) is 38.1. The van der Waals surface area contributed by atoms with Gasteiger partial charge >= 0.3 is 5.97 Å². The first-order chi connectivity index (χ1) is 9.79. The SMILES string of the molecule is CC(C)(C)C(=O)COC(=O)c1cc(=O)[nH]c2ccccc12. The van der Waals surface area contributed by atoms with Gasteiger partial charge in [0.1, 0.15) is 0 Å². The quantitative estimate of drug-likeness (QED) is 0.879. The van der Waals surface area contributed by atoms with Crippen LogP contribution in [0.2, 0.25) is 0 Å². The lowest BCUT2D eigenvalue weighted by atomic mass is 9.91. The summed E-state index contributed by atoms with van der Waals surface area (Å²) >= 11 is 0. The number of esters is 1. The maximum absolute atomic E-state index is 12.1. The van der Waals surface area contributed by atoms with Crippen LogP contribution < -0.4 is 5.56 Å². The van der Waals surface area contributed by atoms with Crippen LogP contribution in [0, 0.1) is 5.41 Å². The summed E-state index contributed by atoms with van der Waals surface area (Å²) in [6, 6.07) is 8.13. The molecule has 0 amide bonds. The molecule has 0 atom stereocenters. The Hall–Kier alpha value is -2.43. The molecule has 0 saturated carbocycles. The zero-order valence-electron chi connectivity index (χ0n) is 12.2. The molecular formula is C16H17NO4. The van der Waals surface area contributed by atoms with E-state index in [0.717, 1.165) is 0 Å². The molecule has 21 heavy (non-hydrogen) atoms. The van der Waals surface area contributed by atoms with Crippen molar-refractivity contribution in [2.75, 3.05) is 6.61 Å². The van der Waals surface area contributed by atoms with Crippen molar-refractivity contribution < 1.29 is 14.3 Å². The van der Waals surface area contributed by atoms with Gasteiger partial charge in [0.15, 0.2) is 12.4 Å². The fourth-order valence-electron chi connectivity index (χ4n) is 1.80. The number of aromatic amines is 1. The van der Waals surface area contributed by atoms with Crippen molar-refractivity contribution in [3.63, 3.8) is 0 Å². The smallest absolute Gasteiger partial charge is 0.339 e. The van der Waals surface area contributed by atoms with Crippen LogP contribution in [0.3, 0.4) is 0 Å². The molecule has 0 aliphatic heterocycles. The first-order valence-corrected chi connectivity index (χ1v) is 6.61. The van der Waals surface area contributed by atoms with Gasteiger partial charge in [0.2, 0.25) is 5.56 Å². The molecule has 1 N–H and O–H groups in total. The number of nitrogens with one attached hydrogen (secondary N) is 1. The topological polar surface area (TPSA) is 76.2 Å². The predicted octanol–water partition coefficient (Wildman–Crippen LogP) is 2.30.